The van der Waals surface area contributed by atoms with Crippen LogP contribution in [0.5, 0.6) is 5.75 Å². The Hall–Kier alpha value is -2.14. The van der Waals surface area contributed by atoms with Gasteiger partial charge in [0, 0.05) is 4.47 Å². The summed E-state index contributed by atoms with van der Waals surface area (Å²) in [5, 5.41) is 3.05. The number of carbonyl (C=O) groups excluding carboxylic acids is 2. The van der Waals surface area contributed by atoms with Crippen molar-refractivity contribution in [2.75, 3.05) is 6.61 Å². The summed E-state index contributed by atoms with van der Waals surface area (Å²) in [6.07, 6.45) is 3.05. The zero-order valence-corrected chi connectivity index (χ0v) is 15.6. The molecule has 1 unspecified atom stereocenters. The third-order valence-corrected chi connectivity index (χ3v) is 4.88. The molecule has 1 atom stereocenters. The molecular formula is C20H20BrNO3. The topological polar surface area (TPSA) is 55.4 Å². The molecule has 3 rings (SSSR count). The zero-order valence-electron chi connectivity index (χ0n) is 14.0. The van der Waals surface area contributed by atoms with E-state index in [0.717, 1.165) is 23.7 Å². The zero-order chi connectivity index (χ0) is 17.8. The van der Waals surface area contributed by atoms with E-state index in [0.29, 0.717) is 11.3 Å². The van der Waals surface area contributed by atoms with Gasteiger partial charge in [0.05, 0.1) is 11.6 Å². The summed E-state index contributed by atoms with van der Waals surface area (Å²) in [5.41, 5.74) is 2.95. The summed E-state index contributed by atoms with van der Waals surface area (Å²) in [5.74, 6) is 0.145. The van der Waals surface area contributed by atoms with Gasteiger partial charge in [-0.25, -0.2) is 0 Å². The number of fused-ring (bicyclic) bond motifs is 1. The molecule has 0 aliphatic heterocycles. The first-order valence-electron chi connectivity index (χ1n) is 8.35. The number of aryl methyl sites for hydroxylation is 1. The van der Waals surface area contributed by atoms with E-state index in [-0.39, 0.29) is 24.3 Å². The Morgan fingerprint density at radius 3 is 2.84 bits per heavy atom. The van der Waals surface area contributed by atoms with Crippen LogP contribution in [0.15, 0.2) is 46.9 Å². The van der Waals surface area contributed by atoms with E-state index in [1.165, 1.54) is 18.1 Å². The van der Waals surface area contributed by atoms with Crippen molar-refractivity contribution in [2.24, 2.45) is 0 Å². The summed E-state index contributed by atoms with van der Waals surface area (Å²) < 4.78 is 6.39. The highest BCUT2D eigenvalue weighted by Crippen LogP contribution is 2.29. The second kappa shape index (κ2) is 7.83. The number of hydrogen-bond acceptors (Lipinski definition) is 3. The maximum absolute atomic E-state index is 12.3. The number of carbonyl (C=O) groups is 2. The molecule has 0 aromatic heterocycles. The molecule has 0 fully saturated rings. The van der Waals surface area contributed by atoms with Crippen molar-refractivity contribution < 1.29 is 14.3 Å². The number of ether oxygens (including phenoxy) is 1. The van der Waals surface area contributed by atoms with E-state index < -0.39 is 0 Å². The summed E-state index contributed by atoms with van der Waals surface area (Å²) in [6, 6.07) is 13.4. The molecule has 1 N–H and O–H groups in total. The van der Waals surface area contributed by atoms with Crippen LogP contribution in [0.25, 0.3) is 0 Å². The van der Waals surface area contributed by atoms with Crippen LogP contribution < -0.4 is 10.1 Å². The van der Waals surface area contributed by atoms with E-state index in [4.69, 9.17) is 4.74 Å². The fraction of sp³-hybridized carbons (Fsp3) is 0.300. The Balaban J connectivity index is 1.64. The summed E-state index contributed by atoms with van der Waals surface area (Å²) >= 11 is 3.34. The van der Waals surface area contributed by atoms with Crippen molar-refractivity contribution in [3.63, 3.8) is 0 Å². The second-order valence-electron chi connectivity index (χ2n) is 6.20. The Bertz CT molecular complexity index is 803. The molecule has 1 aliphatic rings. The van der Waals surface area contributed by atoms with E-state index in [1.807, 2.05) is 12.1 Å². The Labute approximate surface area is 155 Å². The number of hydrogen-bond donors (Lipinski definition) is 1. The molecule has 4 nitrogen and oxygen atoms in total. The van der Waals surface area contributed by atoms with E-state index in [1.54, 1.807) is 18.2 Å². The van der Waals surface area contributed by atoms with Crippen molar-refractivity contribution in [3.8, 4) is 5.75 Å². The van der Waals surface area contributed by atoms with E-state index >= 15 is 0 Å². The van der Waals surface area contributed by atoms with Crippen LogP contribution in [-0.4, -0.2) is 18.3 Å². The number of nitrogens with one attached hydrogen (secondary N) is 1. The fourth-order valence-electron chi connectivity index (χ4n) is 3.19. The summed E-state index contributed by atoms with van der Waals surface area (Å²) in [7, 11) is 0. The monoisotopic (exact) mass is 401 g/mol. The molecule has 0 saturated carbocycles. The molecule has 1 amide bonds. The average molecular weight is 402 g/mol. The summed E-state index contributed by atoms with van der Waals surface area (Å²) in [6.45, 7) is 1.37. The number of amides is 1. The molecule has 5 heteroatoms. The van der Waals surface area contributed by atoms with Crippen molar-refractivity contribution in [2.45, 2.75) is 32.2 Å². The first kappa shape index (κ1) is 17.7. The minimum Gasteiger partial charge on any atom is -0.483 e. The standard InChI is InChI=1S/C20H20BrNO3/c1-13(23)17-11-15(21)9-10-19(17)25-12-20(24)22-18-8-4-6-14-5-2-3-7-16(14)18/h2-3,5,7,9-11,18H,4,6,8,12H2,1H3,(H,22,24). The van der Waals surface area contributed by atoms with Gasteiger partial charge in [-0.3, -0.25) is 9.59 Å². The van der Waals surface area contributed by atoms with Crippen LogP contribution in [0, 0.1) is 0 Å². The predicted octanol–water partition coefficient (Wildman–Crippen LogP) is 4.22. The van der Waals surface area contributed by atoms with E-state index in [2.05, 4.69) is 33.4 Å². The van der Waals surface area contributed by atoms with Crippen molar-refractivity contribution in [3.05, 3.63) is 63.6 Å². The number of Topliss-reactive ketones (excluding diaryl/α,β-unsaturated/α-hetero) is 1. The number of halogens is 1. The van der Waals surface area contributed by atoms with Gasteiger partial charge in [-0.05, 0) is 55.5 Å². The first-order chi connectivity index (χ1) is 12.0. The van der Waals surface area contributed by atoms with E-state index in [9.17, 15) is 9.59 Å². The lowest BCUT2D eigenvalue weighted by Crippen LogP contribution is -2.34. The Morgan fingerprint density at radius 1 is 1.24 bits per heavy atom. The van der Waals surface area contributed by atoms with Crippen molar-refractivity contribution >= 4 is 27.6 Å². The minimum absolute atomic E-state index is 0.0262. The van der Waals surface area contributed by atoms with Crippen LogP contribution in [0.1, 0.15) is 47.3 Å². The van der Waals surface area contributed by atoms with Crippen LogP contribution in [0.3, 0.4) is 0 Å². The average Bonchev–Trinajstić information content (AvgIpc) is 2.61. The van der Waals surface area contributed by atoms with Crippen LogP contribution in [0.4, 0.5) is 0 Å². The van der Waals surface area contributed by atoms with Crippen molar-refractivity contribution in [1.82, 2.24) is 5.32 Å². The highest BCUT2D eigenvalue weighted by Gasteiger charge is 2.21. The lowest BCUT2D eigenvalue weighted by Gasteiger charge is -2.26. The second-order valence-corrected chi connectivity index (χ2v) is 7.11. The van der Waals surface area contributed by atoms with Crippen LogP contribution in [-0.2, 0) is 11.2 Å². The molecule has 2 aromatic carbocycles. The normalized spacial score (nSPS) is 16.0. The van der Waals surface area contributed by atoms with Gasteiger partial charge < -0.3 is 10.1 Å². The quantitative estimate of drug-likeness (QED) is 0.762. The highest BCUT2D eigenvalue weighted by atomic mass is 79.9. The lowest BCUT2D eigenvalue weighted by atomic mass is 9.88. The van der Waals surface area contributed by atoms with Gasteiger partial charge in [-0.1, -0.05) is 40.2 Å². The molecular weight excluding hydrogens is 382 g/mol. The third-order valence-electron chi connectivity index (χ3n) is 4.38. The largest absolute Gasteiger partial charge is 0.483 e. The van der Waals surface area contributed by atoms with Gasteiger partial charge >= 0.3 is 0 Å². The number of ketones is 1. The Morgan fingerprint density at radius 2 is 2.04 bits per heavy atom. The summed E-state index contributed by atoms with van der Waals surface area (Å²) in [4.78, 5) is 24.0. The first-order valence-corrected chi connectivity index (χ1v) is 9.14. The smallest absolute Gasteiger partial charge is 0.258 e. The number of benzene rings is 2. The molecule has 130 valence electrons. The molecule has 0 spiro atoms. The van der Waals surface area contributed by atoms with Crippen LogP contribution >= 0.6 is 15.9 Å². The maximum atomic E-state index is 12.3. The molecule has 1 aliphatic carbocycles. The van der Waals surface area contributed by atoms with Gasteiger partial charge in [0.25, 0.3) is 5.91 Å². The minimum atomic E-state index is -0.181. The Kier molecular flexibility index (Phi) is 5.53. The molecule has 0 saturated heterocycles. The maximum Gasteiger partial charge on any atom is 0.258 e. The predicted molar refractivity (Wildman–Crippen MR) is 99.9 cm³/mol. The van der Waals surface area contributed by atoms with Gasteiger partial charge in [0.1, 0.15) is 5.75 Å². The highest BCUT2D eigenvalue weighted by molar-refractivity contribution is 9.10. The van der Waals surface area contributed by atoms with Gasteiger partial charge in [-0.2, -0.15) is 0 Å². The fourth-order valence-corrected chi connectivity index (χ4v) is 3.55. The van der Waals surface area contributed by atoms with Gasteiger partial charge in [-0.15, -0.1) is 0 Å². The molecule has 0 radical (unpaired) electrons. The van der Waals surface area contributed by atoms with Crippen LogP contribution in [0.2, 0.25) is 0 Å². The molecule has 25 heavy (non-hydrogen) atoms. The lowest BCUT2D eigenvalue weighted by molar-refractivity contribution is -0.124. The molecule has 0 bridgehead atoms. The SMILES string of the molecule is CC(=O)c1cc(Br)ccc1OCC(=O)NC1CCCc2ccccc21. The van der Waals surface area contributed by atoms with Gasteiger partial charge in [0.2, 0.25) is 0 Å². The van der Waals surface area contributed by atoms with Gasteiger partial charge in [0.15, 0.2) is 12.4 Å². The third kappa shape index (κ3) is 4.28. The number of rotatable bonds is 5. The molecule has 2 aromatic rings. The molecule has 0 heterocycles. The van der Waals surface area contributed by atoms with Crippen molar-refractivity contribution in [1.29, 1.82) is 0 Å².